The van der Waals surface area contributed by atoms with E-state index >= 15 is 0 Å². The van der Waals surface area contributed by atoms with Crippen LogP contribution >= 0.6 is 0 Å². The van der Waals surface area contributed by atoms with Crippen molar-refractivity contribution in [1.29, 1.82) is 0 Å². The molecule has 0 bridgehead atoms. The summed E-state index contributed by atoms with van der Waals surface area (Å²) < 4.78 is 7.23. The lowest BCUT2D eigenvalue weighted by Crippen LogP contribution is -2.28. The minimum absolute atomic E-state index is 0.0761. The molecule has 4 N–H and O–H groups in total. The second kappa shape index (κ2) is 5.31. The second-order valence-electron chi connectivity index (χ2n) is 5.56. The predicted molar refractivity (Wildman–Crippen MR) is 84.4 cm³/mol. The van der Waals surface area contributed by atoms with Gasteiger partial charge < -0.3 is 25.3 Å². The van der Waals surface area contributed by atoms with E-state index in [2.05, 4.69) is 9.97 Å². The molecule has 3 atom stereocenters. The first-order chi connectivity index (χ1) is 11.1. The number of aliphatic hydroxyl groups is 2. The predicted octanol–water partition coefficient (Wildman–Crippen LogP) is 0.931. The van der Waals surface area contributed by atoms with Crippen LogP contribution in [0.15, 0.2) is 42.7 Å². The minimum atomic E-state index is -1.02. The van der Waals surface area contributed by atoms with E-state index < -0.39 is 18.4 Å². The summed E-state index contributed by atoms with van der Waals surface area (Å²) in [5.74, 6) is 0.143. The van der Waals surface area contributed by atoms with Crippen LogP contribution in [0.25, 0.3) is 22.2 Å². The molecule has 1 fully saturated rings. The van der Waals surface area contributed by atoms with Gasteiger partial charge in [-0.2, -0.15) is 4.98 Å². The highest BCUT2D eigenvalue weighted by atomic mass is 16.5. The Balaban J connectivity index is 1.93. The van der Waals surface area contributed by atoms with Gasteiger partial charge in [0.1, 0.15) is 17.9 Å². The zero-order chi connectivity index (χ0) is 16.0. The lowest BCUT2D eigenvalue weighted by atomic mass is 10.1. The lowest BCUT2D eigenvalue weighted by molar-refractivity contribution is -0.0159. The zero-order valence-corrected chi connectivity index (χ0v) is 12.2. The first-order valence-electron chi connectivity index (χ1n) is 7.31. The number of nitrogen functional groups attached to an aromatic ring is 1. The Morgan fingerprint density at radius 3 is 2.70 bits per heavy atom. The number of aromatic nitrogens is 3. The Hall–Kier alpha value is -2.48. The average molecular weight is 312 g/mol. The number of rotatable bonds is 2. The summed E-state index contributed by atoms with van der Waals surface area (Å²) in [6, 6.07) is 9.80. The Morgan fingerprint density at radius 1 is 1.22 bits per heavy atom. The van der Waals surface area contributed by atoms with Gasteiger partial charge in [-0.05, 0) is 5.56 Å². The van der Waals surface area contributed by atoms with Crippen LogP contribution in [0.1, 0.15) is 6.23 Å². The summed E-state index contributed by atoms with van der Waals surface area (Å²) in [5.41, 5.74) is 8.19. The normalized spacial score (nSPS) is 24.3. The number of aliphatic hydroxyl groups excluding tert-OH is 2. The molecule has 1 aliphatic rings. The van der Waals surface area contributed by atoms with Crippen molar-refractivity contribution in [1.82, 2.24) is 14.5 Å². The third-order valence-corrected chi connectivity index (χ3v) is 4.07. The van der Waals surface area contributed by atoms with Crippen LogP contribution < -0.4 is 5.73 Å². The van der Waals surface area contributed by atoms with Gasteiger partial charge in [-0.25, -0.2) is 4.98 Å². The van der Waals surface area contributed by atoms with Gasteiger partial charge in [0.05, 0.1) is 6.61 Å². The van der Waals surface area contributed by atoms with Crippen LogP contribution in [-0.2, 0) is 4.74 Å². The molecule has 2 aromatic heterocycles. The molecule has 3 aromatic rings. The standard InChI is InChI=1S/C16H16N4O3/c17-16-18-6-10-11(9-4-2-1-3-5-9)7-20(14(10)19-16)15-13(22)12(21)8-23-15/h1-7,12-13,15,21-22H,8H2,(H2,17,18,19)/t12-,13-,15-/m1/s1. The first kappa shape index (κ1) is 14.1. The van der Waals surface area contributed by atoms with E-state index in [-0.39, 0.29) is 12.6 Å². The molecule has 0 unspecified atom stereocenters. The third kappa shape index (κ3) is 2.26. The zero-order valence-electron chi connectivity index (χ0n) is 12.2. The third-order valence-electron chi connectivity index (χ3n) is 4.07. The molecule has 4 rings (SSSR count). The second-order valence-corrected chi connectivity index (χ2v) is 5.56. The molecule has 3 heterocycles. The van der Waals surface area contributed by atoms with Crippen molar-refractivity contribution in [2.75, 3.05) is 12.3 Å². The van der Waals surface area contributed by atoms with Gasteiger partial charge in [0, 0.05) is 23.3 Å². The highest BCUT2D eigenvalue weighted by Gasteiger charge is 2.37. The molecule has 0 aliphatic carbocycles. The van der Waals surface area contributed by atoms with E-state index in [9.17, 15) is 10.2 Å². The molecule has 0 saturated carbocycles. The van der Waals surface area contributed by atoms with Crippen LogP contribution in [0.2, 0.25) is 0 Å². The molecule has 1 aromatic carbocycles. The van der Waals surface area contributed by atoms with E-state index in [1.165, 1.54) is 0 Å². The molecule has 23 heavy (non-hydrogen) atoms. The number of benzene rings is 1. The van der Waals surface area contributed by atoms with Gasteiger partial charge in [0.25, 0.3) is 0 Å². The molecule has 0 amide bonds. The summed E-state index contributed by atoms with van der Waals surface area (Å²) in [5, 5.41) is 20.7. The summed E-state index contributed by atoms with van der Waals surface area (Å²) in [6.07, 6.45) is 0.857. The topological polar surface area (TPSA) is 106 Å². The van der Waals surface area contributed by atoms with Crippen LogP contribution in [0.4, 0.5) is 5.95 Å². The molecule has 1 saturated heterocycles. The highest BCUT2D eigenvalue weighted by Crippen LogP contribution is 2.34. The fourth-order valence-electron chi connectivity index (χ4n) is 2.91. The van der Waals surface area contributed by atoms with Gasteiger partial charge in [-0.1, -0.05) is 30.3 Å². The van der Waals surface area contributed by atoms with Gasteiger partial charge in [0.15, 0.2) is 6.23 Å². The number of ether oxygens (including phenoxy) is 1. The van der Waals surface area contributed by atoms with Crippen LogP contribution in [0.3, 0.4) is 0 Å². The van der Waals surface area contributed by atoms with E-state index in [1.807, 2.05) is 36.5 Å². The smallest absolute Gasteiger partial charge is 0.221 e. The molecule has 0 radical (unpaired) electrons. The molecule has 118 valence electrons. The van der Waals surface area contributed by atoms with Crippen molar-refractivity contribution in [3.63, 3.8) is 0 Å². The lowest BCUT2D eigenvalue weighted by Gasteiger charge is -2.17. The van der Waals surface area contributed by atoms with Gasteiger partial charge in [-0.15, -0.1) is 0 Å². The molecule has 7 nitrogen and oxygen atoms in total. The van der Waals surface area contributed by atoms with Crippen LogP contribution in [-0.4, -0.2) is 43.6 Å². The van der Waals surface area contributed by atoms with Crippen molar-refractivity contribution in [2.24, 2.45) is 0 Å². The monoisotopic (exact) mass is 312 g/mol. The number of hydrogen-bond donors (Lipinski definition) is 3. The average Bonchev–Trinajstić information content (AvgIpc) is 3.09. The minimum Gasteiger partial charge on any atom is -0.388 e. The summed E-state index contributed by atoms with van der Waals surface area (Å²) in [4.78, 5) is 8.35. The molecule has 7 heteroatoms. The Bertz CT molecular complexity index is 849. The Kier molecular flexibility index (Phi) is 3.26. The van der Waals surface area contributed by atoms with Crippen molar-refractivity contribution in [3.8, 4) is 11.1 Å². The van der Waals surface area contributed by atoms with Gasteiger partial charge >= 0.3 is 0 Å². The Labute approximate surface area is 132 Å². The summed E-state index contributed by atoms with van der Waals surface area (Å²) >= 11 is 0. The van der Waals surface area contributed by atoms with Crippen molar-refractivity contribution in [2.45, 2.75) is 18.4 Å². The van der Waals surface area contributed by atoms with E-state index in [1.54, 1.807) is 10.8 Å². The van der Waals surface area contributed by atoms with Crippen molar-refractivity contribution < 1.29 is 14.9 Å². The summed E-state index contributed by atoms with van der Waals surface area (Å²) in [7, 11) is 0. The fraction of sp³-hybridized carbons (Fsp3) is 0.250. The number of nitrogens with zero attached hydrogens (tertiary/aromatic N) is 3. The van der Waals surface area contributed by atoms with E-state index in [0.29, 0.717) is 5.65 Å². The van der Waals surface area contributed by atoms with Crippen LogP contribution in [0, 0.1) is 0 Å². The molecular weight excluding hydrogens is 296 g/mol. The van der Waals surface area contributed by atoms with E-state index in [4.69, 9.17) is 10.5 Å². The maximum atomic E-state index is 10.1. The fourth-order valence-corrected chi connectivity index (χ4v) is 2.91. The first-order valence-corrected chi connectivity index (χ1v) is 7.31. The number of anilines is 1. The number of nitrogens with two attached hydrogens (primary N) is 1. The largest absolute Gasteiger partial charge is 0.388 e. The highest BCUT2D eigenvalue weighted by molar-refractivity contribution is 5.94. The van der Waals surface area contributed by atoms with Gasteiger partial charge in [0.2, 0.25) is 5.95 Å². The summed E-state index contributed by atoms with van der Waals surface area (Å²) in [6.45, 7) is 0.0761. The Morgan fingerprint density at radius 2 is 2.00 bits per heavy atom. The molecule has 0 spiro atoms. The molecular formula is C16H16N4O3. The van der Waals surface area contributed by atoms with Gasteiger partial charge in [-0.3, -0.25) is 0 Å². The maximum Gasteiger partial charge on any atom is 0.221 e. The maximum absolute atomic E-state index is 10.1. The van der Waals surface area contributed by atoms with E-state index in [0.717, 1.165) is 16.5 Å². The number of hydrogen-bond acceptors (Lipinski definition) is 6. The molecule has 1 aliphatic heterocycles. The van der Waals surface area contributed by atoms with Crippen molar-refractivity contribution in [3.05, 3.63) is 42.7 Å². The SMILES string of the molecule is Nc1ncc2c(-c3ccccc3)cn([C@@H]3OC[C@@H](O)[C@H]3O)c2n1. The van der Waals surface area contributed by atoms with Crippen LogP contribution in [0.5, 0.6) is 0 Å². The number of fused-ring (bicyclic) bond motifs is 1. The quantitative estimate of drug-likeness (QED) is 0.650. The van der Waals surface area contributed by atoms with Crippen molar-refractivity contribution >= 4 is 17.0 Å².